The number of benzene rings is 2. The van der Waals surface area contributed by atoms with Crippen LogP contribution in [0.25, 0.3) is 11.1 Å². The van der Waals surface area contributed by atoms with Crippen LogP contribution >= 0.6 is 11.6 Å². The second-order valence-electron chi connectivity index (χ2n) is 3.99. The minimum atomic E-state index is -1.11. The molecule has 2 rings (SSSR count). The predicted octanol–water partition coefficient (Wildman–Crippen LogP) is 4.63. The lowest BCUT2D eigenvalue weighted by Crippen LogP contribution is -1.98. The highest BCUT2D eigenvalue weighted by Gasteiger charge is 2.16. The first-order chi connectivity index (χ1) is 8.90. The van der Waals surface area contributed by atoms with Crippen molar-refractivity contribution in [1.82, 2.24) is 0 Å². The van der Waals surface area contributed by atoms with Crippen molar-refractivity contribution in [3.63, 3.8) is 0 Å². The Labute approximate surface area is 112 Å². The summed E-state index contributed by atoms with van der Waals surface area (Å²) in [4.78, 5) is 11.5. The molecule has 0 unspecified atom stereocenters. The molecule has 0 aromatic heterocycles. The molecule has 0 N–H and O–H groups in total. The summed E-state index contributed by atoms with van der Waals surface area (Å²) in [6.07, 6.45) is 0. The summed E-state index contributed by atoms with van der Waals surface area (Å²) in [5, 5.41) is -0.0907. The van der Waals surface area contributed by atoms with E-state index < -0.39 is 17.5 Å². The molecule has 0 aliphatic heterocycles. The Bertz CT molecular complexity index is 668. The van der Waals surface area contributed by atoms with Crippen molar-refractivity contribution >= 4 is 17.4 Å². The summed E-state index contributed by atoms with van der Waals surface area (Å²) >= 11 is 5.82. The molecule has 0 radical (unpaired) electrons. The molecule has 2 aromatic rings. The van der Waals surface area contributed by atoms with Crippen molar-refractivity contribution < 1.29 is 18.0 Å². The van der Waals surface area contributed by atoms with Crippen molar-refractivity contribution in [2.24, 2.45) is 0 Å². The summed E-state index contributed by atoms with van der Waals surface area (Å²) in [6.45, 7) is 1.30. The van der Waals surface area contributed by atoms with Gasteiger partial charge in [0.05, 0.1) is 5.02 Å². The van der Waals surface area contributed by atoms with Gasteiger partial charge >= 0.3 is 0 Å². The number of hydrogen-bond acceptors (Lipinski definition) is 1. The molecule has 0 spiro atoms. The zero-order chi connectivity index (χ0) is 14.2. The van der Waals surface area contributed by atoms with Crippen LogP contribution in [-0.4, -0.2) is 5.78 Å². The maximum absolute atomic E-state index is 13.3. The van der Waals surface area contributed by atoms with Crippen LogP contribution in [0.3, 0.4) is 0 Å². The van der Waals surface area contributed by atoms with Gasteiger partial charge in [-0.05, 0) is 42.8 Å². The number of ketones is 1. The average molecular weight is 285 g/mol. The second-order valence-corrected chi connectivity index (χ2v) is 4.40. The maximum atomic E-state index is 13.3. The van der Waals surface area contributed by atoms with E-state index in [2.05, 4.69) is 0 Å². The number of rotatable bonds is 2. The Morgan fingerprint density at radius 2 is 1.63 bits per heavy atom. The van der Waals surface area contributed by atoms with E-state index in [9.17, 15) is 18.0 Å². The largest absolute Gasteiger partial charge is 0.294 e. The van der Waals surface area contributed by atoms with Crippen LogP contribution in [0.5, 0.6) is 0 Å². The van der Waals surface area contributed by atoms with Gasteiger partial charge in [-0.3, -0.25) is 4.79 Å². The third-order valence-corrected chi connectivity index (χ3v) is 2.97. The van der Waals surface area contributed by atoms with Crippen LogP contribution in [0, 0.1) is 17.5 Å². The topological polar surface area (TPSA) is 17.1 Å². The Balaban J connectivity index is 2.74. The maximum Gasteiger partial charge on any atom is 0.160 e. The van der Waals surface area contributed by atoms with Gasteiger partial charge in [0.1, 0.15) is 5.82 Å². The molecule has 0 fully saturated rings. The quantitative estimate of drug-likeness (QED) is 0.580. The minimum absolute atomic E-state index is 0.0743. The Hall–Kier alpha value is -1.81. The number of Topliss-reactive ketones (excluding diaryl/α,β-unsaturated/α-hetero) is 1. The smallest absolute Gasteiger partial charge is 0.160 e. The van der Waals surface area contributed by atoms with Crippen molar-refractivity contribution in [3.8, 4) is 11.1 Å². The first-order valence-corrected chi connectivity index (χ1v) is 5.73. The molecule has 1 nitrogen and oxygen atoms in total. The Morgan fingerprint density at radius 3 is 2.26 bits per heavy atom. The molecule has 0 amide bonds. The van der Waals surface area contributed by atoms with E-state index in [-0.39, 0.29) is 27.5 Å². The average Bonchev–Trinajstić information content (AvgIpc) is 2.33. The van der Waals surface area contributed by atoms with Gasteiger partial charge in [0, 0.05) is 11.1 Å². The standard InChI is InChI=1S/C14H8ClF3O/c1-7(19)9-3-2-8(16)4-10(9)11-5-13(17)14(18)6-12(11)15/h2-6H,1H3. The van der Waals surface area contributed by atoms with Gasteiger partial charge in [-0.1, -0.05) is 11.6 Å². The SMILES string of the molecule is CC(=O)c1ccc(F)cc1-c1cc(F)c(F)cc1Cl. The fourth-order valence-corrected chi connectivity index (χ4v) is 2.03. The van der Waals surface area contributed by atoms with E-state index in [1.54, 1.807) is 0 Å². The van der Waals surface area contributed by atoms with Crippen LogP contribution in [0.1, 0.15) is 17.3 Å². The summed E-state index contributed by atoms with van der Waals surface area (Å²) in [6, 6.07) is 5.10. The van der Waals surface area contributed by atoms with Gasteiger partial charge in [0.25, 0.3) is 0 Å². The van der Waals surface area contributed by atoms with Crippen LogP contribution < -0.4 is 0 Å². The molecule has 0 saturated carbocycles. The summed E-state index contributed by atoms with van der Waals surface area (Å²) in [7, 11) is 0. The molecule has 0 saturated heterocycles. The van der Waals surface area contributed by atoms with Crippen molar-refractivity contribution in [1.29, 1.82) is 0 Å². The van der Waals surface area contributed by atoms with Crippen molar-refractivity contribution in [2.45, 2.75) is 6.92 Å². The highest BCUT2D eigenvalue weighted by Crippen LogP contribution is 2.33. The summed E-state index contributed by atoms with van der Waals surface area (Å²) in [5.41, 5.74) is 0.399. The second kappa shape index (κ2) is 5.05. The zero-order valence-corrected chi connectivity index (χ0v) is 10.6. The van der Waals surface area contributed by atoms with Crippen molar-refractivity contribution in [2.75, 3.05) is 0 Å². The van der Waals surface area contributed by atoms with Gasteiger partial charge in [-0.2, -0.15) is 0 Å². The normalized spacial score (nSPS) is 10.6. The molecule has 0 heterocycles. The molecule has 0 bridgehead atoms. The van der Waals surface area contributed by atoms with Crippen molar-refractivity contribution in [3.05, 3.63) is 58.4 Å². The Kier molecular flexibility index (Phi) is 3.62. The highest BCUT2D eigenvalue weighted by molar-refractivity contribution is 6.33. The first kappa shape index (κ1) is 13.6. The first-order valence-electron chi connectivity index (χ1n) is 5.35. The molecule has 0 aliphatic rings. The molecule has 19 heavy (non-hydrogen) atoms. The van der Waals surface area contributed by atoms with Gasteiger partial charge in [0.15, 0.2) is 17.4 Å². The molecular formula is C14H8ClF3O. The van der Waals surface area contributed by atoms with Gasteiger partial charge in [-0.25, -0.2) is 13.2 Å². The van der Waals surface area contributed by atoms with Crippen LogP contribution in [-0.2, 0) is 0 Å². The van der Waals surface area contributed by atoms with Crippen LogP contribution in [0.2, 0.25) is 5.02 Å². The van der Waals surface area contributed by atoms with Gasteiger partial charge < -0.3 is 0 Å². The molecule has 98 valence electrons. The van der Waals surface area contributed by atoms with Crippen LogP contribution in [0.15, 0.2) is 30.3 Å². The van der Waals surface area contributed by atoms with Gasteiger partial charge in [-0.15, -0.1) is 0 Å². The lowest BCUT2D eigenvalue weighted by molar-refractivity contribution is 0.101. The molecule has 0 aliphatic carbocycles. The fraction of sp³-hybridized carbons (Fsp3) is 0.0714. The van der Waals surface area contributed by atoms with E-state index in [0.717, 1.165) is 24.3 Å². The minimum Gasteiger partial charge on any atom is -0.294 e. The lowest BCUT2D eigenvalue weighted by Gasteiger charge is -2.10. The molecular weight excluding hydrogens is 277 g/mol. The zero-order valence-electron chi connectivity index (χ0n) is 9.81. The predicted molar refractivity (Wildman–Crippen MR) is 66.8 cm³/mol. The monoisotopic (exact) mass is 284 g/mol. The number of halogens is 4. The number of carbonyl (C=O) groups excluding carboxylic acids is 1. The van der Waals surface area contributed by atoms with E-state index in [1.165, 1.54) is 13.0 Å². The Morgan fingerprint density at radius 1 is 1.00 bits per heavy atom. The molecule has 5 heteroatoms. The lowest BCUT2D eigenvalue weighted by atomic mass is 9.97. The fourth-order valence-electron chi connectivity index (χ4n) is 1.78. The van der Waals surface area contributed by atoms with Crippen LogP contribution in [0.4, 0.5) is 13.2 Å². The van der Waals surface area contributed by atoms with E-state index in [0.29, 0.717) is 0 Å². The highest BCUT2D eigenvalue weighted by atomic mass is 35.5. The number of carbonyl (C=O) groups is 1. The number of hydrogen-bond donors (Lipinski definition) is 0. The van der Waals surface area contributed by atoms with E-state index >= 15 is 0 Å². The molecule has 2 aromatic carbocycles. The third-order valence-electron chi connectivity index (χ3n) is 2.66. The summed E-state index contributed by atoms with van der Waals surface area (Å²) < 4.78 is 39.6. The molecule has 0 atom stereocenters. The van der Waals surface area contributed by atoms with Gasteiger partial charge in [0.2, 0.25) is 0 Å². The third kappa shape index (κ3) is 2.63. The van der Waals surface area contributed by atoms with E-state index in [4.69, 9.17) is 11.6 Å². The summed E-state index contributed by atoms with van der Waals surface area (Å²) in [5.74, 6) is -3.13. The van der Waals surface area contributed by atoms with E-state index in [1.807, 2.05) is 0 Å².